The Hall–Kier alpha value is -2.39. The van der Waals surface area contributed by atoms with Crippen molar-refractivity contribution in [2.75, 3.05) is 6.54 Å². The summed E-state index contributed by atoms with van der Waals surface area (Å²) in [6.07, 6.45) is 0.288. The van der Waals surface area contributed by atoms with Gasteiger partial charge in [0.25, 0.3) is 0 Å². The first-order valence-electron chi connectivity index (χ1n) is 8.16. The maximum atomic E-state index is 13.7. The Morgan fingerprint density at radius 2 is 1.44 bits per heavy atom. The number of nitrogens with zero attached hydrogens (tertiary/aromatic N) is 1. The van der Waals surface area contributed by atoms with Gasteiger partial charge < -0.3 is 9.47 Å². The molecule has 1 heterocycles. The molecule has 1 aromatic carbocycles. The summed E-state index contributed by atoms with van der Waals surface area (Å²) < 4.78 is 76.6. The number of piperidine rings is 1. The Morgan fingerprint density at radius 3 is 1.96 bits per heavy atom. The molecule has 10 heteroatoms. The van der Waals surface area contributed by atoms with E-state index in [1.807, 2.05) is 0 Å². The molecule has 1 aliphatic heterocycles. The lowest BCUT2D eigenvalue weighted by atomic mass is 10.0. The predicted molar refractivity (Wildman–Crippen MR) is 82.4 cm³/mol. The third-order valence-electron chi connectivity index (χ3n) is 3.78. The highest BCUT2D eigenvalue weighted by atomic mass is 19.2. The average Bonchev–Trinajstić information content (AvgIpc) is 2.60. The predicted octanol–water partition coefficient (Wildman–Crippen LogP) is 4.08. The Labute approximate surface area is 152 Å². The van der Waals surface area contributed by atoms with E-state index in [9.17, 15) is 31.5 Å². The fourth-order valence-electron chi connectivity index (χ4n) is 2.56. The summed E-state index contributed by atoms with van der Waals surface area (Å²) >= 11 is 0. The van der Waals surface area contributed by atoms with E-state index in [-0.39, 0.29) is 13.0 Å². The highest BCUT2D eigenvalue weighted by Gasteiger charge is 2.38. The van der Waals surface area contributed by atoms with Crippen LogP contribution in [0.15, 0.2) is 0 Å². The summed E-state index contributed by atoms with van der Waals surface area (Å²) in [7, 11) is 0. The molecule has 1 saturated heterocycles. The number of hydrogen-bond acceptors (Lipinski definition) is 4. The normalized spacial score (nSPS) is 17.6. The Morgan fingerprint density at radius 1 is 0.926 bits per heavy atom. The lowest BCUT2D eigenvalue weighted by Gasteiger charge is -2.35. The fraction of sp³-hybridized carbons (Fsp3) is 0.529. The standard InChI is InChI=1S/C17H18F5NO4/c1-17(2,3)27-16(25)23-7-5-4-6-8(23)15(24)26-14-12(21)10(19)9(18)11(20)13(14)22/h8H,4-7H2,1-3H3/t8-/m0/s1. The van der Waals surface area contributed by atoms with Crippen molar-refractivity contribution in [3.8, 4) is 5.75 Å². The minimum absolute atomic E-state index is 0.0907. The minimum Gasteiger partial charge on any atom is -0.444 e. The second kappa shape index (κ2) is 7.69. The molecule has 1 aromatic rings. The molecule has 150 valence electrons. The summed E-state index contributed by atoms with van der Waals surface area (Å²) in [5.74, 6) is -14.4. The van der Waals surface area contributed by atoms with E-state index in [1.165, 1.54) is 0 Å². The van der Waals surface area contributed by atoms with Crippen LogP contribution in [-0.4, -0.2) is 35.2 Å². The van der Waals surface area contributed by atoms with E-state index in [0.29, 0.717) is 12.8 Å². The van der Waals surface area contributed by atoms with Gasteiger partial charge in [-0.3, -0.25) is 4.90 Å². The first-order chi connectivity index (χ1) is 12.4. The number of carbonyl (C=O) groups excluding carboxylic acids is 2. The third-order valence-corrected chi connectivity index (χ3v) is 3.78. The van der Waals surface area contributed by atoms with Gasteiger partial charge in [0.2, 0.25) is 34.8 Å². The quantitative estimate of drug-likeness (QED) is 0.249. The number of rotatable bonds is 2. The van der Waals surface area contributed by atoms with Gasteiger partial charge in [0.15, 0.2) is 0 Å². The van der Waals surface area contributed by atoms with E-state index in [1.54, 1.807) is 20.8 Å². The van der Waals surface area contributed by atoms with Crippen LogP contribution < -0.4 is 4.74 Å². The Balaban J connectivity index is 2.27. The highest BCUT2D eigenvalue weighted by molar-refractivity contribution is 5.83. The van der Waals surface area contributed by atoms with E-state index < -0.39 is 58.5 Å². The van der Waals surface area contributed by atoms with Crippen molar-refractivity contribution in [3.63, 3.8) is 0 Å². The van der Waals surface area contributed by atoms with Crippen molar-refractivity contribution >= 4 is 12.1 Å². The van der Waals surface area contributed by atoms with E-state index in [2.05, 4.69) is 4.74 Å². The molecular weight excluding hydrogens is 377 g/mol. The number of benzene rings is 1. The van der Waals surface area contributed by atoms with Crippen molar-refractivity contribution in [1.82, 2.24) is 4.90 Å². The van der Waals surface area contributed by atoms with Crippen LogP contribution in [0.2, 0.25) is 0 Å². The molecule has 2 rings (SSSR count). The topological polar surface area (TPSA) is 55.8 Å². The Kier molecular flexibility index (Phi) is 5.96. The van der Waals surface area contributed by atoms with E-state index >= 15 is 0 Å². The largest absolute Gasteiger partial charge is 0.444 e. The molecule has 0 saturated carbocycles. The summed E-state index contributed by atoms with van der Waals surface area (Å²) in [6, 6.07) is -1.27. The molecule has 0 unspecified atom stereocenters. The lowest BCUT2D eigenvalue weighted by molar-refractivity contribution is -0.142. The van der Waals surface area contributed by atoms with Crippen molar-refractivity contribution < 1.29 is 41.0 Å². The van der Waals surface area contributed by atoms with Crippen LogP contribution in [0, 0.1) is 29.1 Å². The Bertz CT molecular complexity index is 734. The summed E-state index contributed by atoms with van der Waals surface area (Å²) in [5, 5.41) is 0. The zero-order chi connectivity index (χ0) is 20.5. The van der Waals surface area contributed by atoms with Crippen molar-refractivity contribution in [3.05, 3.63) is 29.1 Å². The summed E-state index contributed by atoms with van der Waals surface area (Å²) in [6.45, 7) is 4.94. The van der Waals surface area contributed by atoms with Gasteiger partial charge in [0.05, 0.1) is 0 Å². The van der Waals surface area contributed by atoms with Crippen molar-refractivity contribution in [2.24, 2.45) is 0 Å². The second-order valence-corrected chi connectivity index (χ2v) is 7.01. The molecule has 0 spiro atoms. The van der Waals surface area contributed by atoms with E-state index in [0.717, 1.165) is 4.90 Å². The minimum atomic E-state index is -2.36. The van der Waals surface area contributed by atoms with Gasteiger partial charge in [-0.1, -0.05) is 0 Å². The van der Waals surface area contributed by atoms with Crippen molar-refractivity contribution in [2.45, 2.75) is 51.7 Å². The molecule has 1 fully saturated rings. The summed E-state index contributed by atoms with van der Waals surface area (Å²) in [4.78, 5) is 25.6. The number of likely N-dealkylation sites (tertiary alicyclic amines) is 1. The number of esters is 1. The molecule has 1 aliphatic rings. The molecule has 0 aliphatic carbocycles. The van der Waals surface area contributed by atoms with Gasteiger partial charge in [0, 0.05) is 6.54 Å². The molecule has 0 bridgehead atoms. The molecule has 0 aromatic heterocycles. The van der Waals surface area contributed by atoms with Crippen LogP contribution in [0.5, 0.6) is 5.75 Å². The zero-order valence-electron chi connectivity index (χ0n) is 14.9. The van der Waals surface area contributed by atoms with Crippen LogP contribution in [0.4, 0.5) is 26.7 Å². The molecule has 5 nitrogen and oxygen atoms in total. The number of carbonyl (C=O) groups is 2. The van der Waals surface area contributed by atoms with Crippen LogP contribution in [-0.2, 0) is 9.53 Å². The van der Waals surface area contributed by atoms with Crippen LogP contribution in [0.1, 0.15) is 40.0 Å². The summed E-state index contributed by atoms with van der Waals surface area (Å²) in [5.41, 5.74) is -0.857. The monoisotopic (exact) mass is 395 g/mol. The molecule has 1 amide bonds. The van der Waals surface area contributed by atoms with Gasteiger partial charge in [0.1, 0.15) is 11.6 Å². The SMILES string of the molecule is CC(C)(C)OC(=O)N1CCCC[C@H]1C(=O)Oc1c(F)c(F)c(F)c(F)c1F. The third kappa shape index (κ3) is 4.48. The first kappa shape index (κ1) is 20.9. The molecule has 1 atom stereocenters. The number of hydrogen-bond donors (Lipinski definition) is 0. The molecule has 0 radical (unpaired) electrons. The van der Waals surface area contributed by atoms with Crippen LogP contribution in [0.25, 0.3) is 0 Å². The number of ether oxygens (including phenoxy) is 2. The average molecular weight is 395 g/mol. The maximum Gasteiger partial charge on any atom is 0.411 e. The van der Waals surface area contributed by atoms with Gasteiger partial charge in [-0.2, -0.15) is 8.78 Å². The maximum absolute atomic E-state index is 13.7. The first-order valence-corrected chi connectivity index (χ1v) is 8.16. The zero-order valence-corrected chi connectivity index (χ0v) is 14.9. The van der Waals surface area contributed by atoms with Crippen LogP contribution in [0.3, 0.4) is 0 Å². The highest BCUT2D eigenvalue weighted by Crippen LogP contribution is 2.30. The smallest absolute Gasteiger partial charge is 0.411 e. The van der Waals surface area contributed by atoms with Gasteiger partial charge in [-0.05, 0) is 40.0 Å². The van der Waals surface area contributed by atoms with E-state index in [4.69, 9.17) is 4.74 Å². The van der Waals surface area contributed by atoms with Crippen LogP contribution >= 0.6 is 0 Å². The molecular formula is C17H18F5NO4. The lowest BCUT2D eigenvalue weighted by Crippen LogP contribution is -2.51. The van der Waals surface area contributed by atoms with Gasteiger partial charge in [-0.15, -0.1) is 0 Å². The number of halogens is 5. The van der Waals surface area contributed by atoms with Crippen molar-refractivity contribution in [1.29, 1.82) is 0 Å². The van der Waals surface area contributed by atoms with Gasteiger partial charge >= 0.3 is 12.1 Å². The van der Waals surface area contributed by atoms with Gasteiger partial charge in [-0.25, -0.2) is 22.8 Å². The molecule has 27 heavy (non-hydrogen) atoms. The number of amides is 1. The molecule has 0 N–H and O–H groups in total. The second-order valence-electron chi connectivity index (χ2n) is 7.01. The fourth-order valence-corrected chi connectivity index (χ4v) is 2.56.